The summed E-state index contributed by atoms with van der Waals surface area (Å²) in [4.78, 5) is 4.28. The van der Waals surface area contributed by atoms with E-state index in [9.17, 15) is 0 Å². The molecule has 0 fully saturated rings. The molecule has 1 N–H and O–H groups in total. The van der Waals surface area contributed by atoms with Crippen molar-refractivity contribution in [3.05, 3.63) is 40.9 Å². The molecule has 0 atom stereocenters. The number of nitrogens with zero attached hydrogens (tertiary/aromatic N) is 1. The van der Waals surface area contributed by atoms with Crippen LogP contribution in [0.1, 0.15) is 18.4 Å². The number of likely N-dealkylation sites (N-methyl/N-ethyl adjacent to an activating group) is 1. The van der Waals surface area contributed by atoms with Crippen LogP contribution in [0.4, 0.5) is 0 Å². The quantitative estimate of drug-likeness (QED) is 0.841. The van der Waals surface area contributed by atoms with Crippen LogP contribution >= 0.6 is 11.6 Å². The van der Waals surface area contributed by atoms with Gasteiger partial charge in [0.15, 0.2) is 11.7 Å². The van der Waals surface area contributed by atoms with E-state index in [4.69, 9.17) is 16.0 Å². The Balaban J connectivity index is 2.11. The van der Waals surface area contributed by atoms with Crippen LogP contribution in [0.2, 0.25) is 5.02 Å². The zero-order valence-electron chi connectivity index (χ0n) is 10.7. The summed E-state index contributed by atoms with van der Waals surface area (Å²) in [6, 6.07) is 5.84. The molecule has 0 aliphatic heterocycles. The van der Waals surface area contributed by atoms with Gasteiger partial charge in [0.2, 0.25) is 0 Å². The third-order valence-electron chi connectivity index (χ3n) is 2.76. The van der Waals surface area contributed by atoms with Crippen LogP contribution < -0.4 is 5.32 Å². The van der Waals surface area contributed by atoms with Crippen molar-refractivity contribution < 1.29 is 4.42 Å². The maximum Gasteiger partial charge on any atom is 0.196 e. The number of oxazole rings is 1. The lowest BCUT2D eigenvalue weighted by atomic mass is 10.1. The van der Waals surface area contributed by atoms with Crippen molar-refractivity contribution in [1.82, 2.24) is 10.3 Å². The average molecular weight is 265 g/mol. The Hall–Kier alpha value is -1.32. The lowest BCUT2D eigenvalue weighted by Gasteiger charge is -2.01. The Labute approximate surface area is 112 Å². The van der Waals surface area contributed by atoms with Gasteiger partial charge in [0.25, 0.3) is 0 Å². The van der Waals surface area contributed by atoms with Gasteiger partial charge in [-0.2, -0.15) is 0 Å². The van der Waals surface area contributed by atoms with Crippen LogP contribution in [0.15, 0.2) is 28.8 Å². The van der Waals surface area contributed by atoms with Crippen molar-refractivity contribution in [3.63, 3.8) is 0 Å². The molecule has 0 aliphatic carbocycles. The largest absolute Gasteiger partial charge is 0.441 e. The van der Waals surface area contributed by atoms with E-state index in [-0.39, 0.29) is 0 Å². The zero-order chi connectivity index (χ0) is 13.0. The van der Waals surface area contributed by atoms with Gasteiger partial charge in [0.1, 0.15) is 0 Å². The van der Waals surface area contributed by atoms with Crippen LogP contribution in [0.5, 0.6) is 0 Å². The number of hydrogen-bond acceptors (Lipinski definition) is 3. The Bertz CT molecular complexity index is 522. The van der Waals surface area contributed by atoms with Gasteiger partial charge in [0, 0.05) is 23.6 Å². The van der Waals surface area contributed by atoms with Gasteiger partial charge in [-0.1, -0.05) is 18.5 Å². The van der Waals surface area contributed by atoms with Gasteiger partial charge in [-0.15, -0.1) is 0 Å². The van der Waals surface area contributed by atoms with E-state index in [2.05, 4.69) is 17.2 Å². The van der Waals surface area contributed by atoms with Crippen LogP contribution in [0, 0.1) is 6.92 Å². The van der Waals surface area contributed by atoms with Crippen molar-refractivity contribution in [2.24, 2.45) is 0 Å². The minimum absolute atomic E-state index is 0.763. The average Bonchev–Trinajstić information content (AvgIpc) is 2.82. The second-order valence-corrected chi connectivity index (χ2v) is 4.59. The highest BCUT2D eigenvalue weighted by molar-refractivity contribution is 6.31. The first kappa shape index (κ1) is 13.1. The number of hydrogen-bond donors (Lipinski definition) is 1. The van der Waals surface area contributed by atoms with Gasteiger partial charge in [0.05, 0.1) is 6.20 Å². The second kappa shape index (κ2) is 6.03. The molecule has 0 unspecified atom stereocenters. The number of nitrogens with one attached hydrogen (secondary N) is 1. The second-order valence-electron chi connectivity index (χ2n) is 4.19. The number of halogens is 1. The van der Waals surface area contributed by atoms with Gasteiger partial charge in [-0.05, 0) is 37.2 Å². The van der Waals surface area contributed by atoms with Crippen LogP contribution in [-0.4, -0.2) is 18.1 Å². The molecule has 3 nitrogen and oxygen atoms in total. The highest BCUT2D eigenvalue weighted by Crippen LogP contribution is 2.25. The number of aryl methyl sites for hydroxylation is 1. The number of aromatic nitrogens is 1. The molecule has 0 saturated heterocycles. The molecule has 96 valence electrons. The molecule has 0 bridgehead atoms. The number of benzene rings is 1. The molecule has 0 amide bonds. The fourth-order valence-corrected chi connectivity index (χ4v) is 1.85. The summed E-state index contributed by atoms with van der Waals surface area (Å²) >= 11 is 6.00. The molecular formula is C14H17ClN2O. The van der Waals surface area contributed by atoms with E-state index in [1.54, 1.807) is 6.20 Å². The van der Waals surface area contributed by atoms with Crippen molar-refractivity contribution in [3.8, 4) is 11.3 Å². The first-order chi connectivity index (χ1) is 8.70. The maximum atomic E-state index is 6.00. The normalized spacial score (nSPS) is 10.8. The molecule has 2 rings (SSSR count). The van der Waals surface area contributed by atoms with E-state index in [1.165, 1.54) is 0 Å². The molecule has 4 heteroatoms. The summed E-state index contributed by atoms with van der Waals surface area (Å²) in [6.45, 7) is 5.91. The zero-order valence-corrected chi connectivity index (χ0v) is 11.4. The third kappa shape index (κ3) is 3.12. The highest BCUT2D eigenvalue weighted by atomic mass is 35.5. The molecule has 0 spiro atoms. The van der Waals surface area contributed by atoms with E-state index in [1.807, 2.05) is 25.1 Å². The lowest BCUT2D eigenvalue weighted by molar-refractivity contribution is 0.497. The maximum absolute atomic E-state index is 6.00. The molecular weight excluding hydrogens is 248 g/mol. The standard InChI is InChI=1S/C14H17ClN2O/c1-3-16-7-6-14-17-9-13(18-14)11-4-5-12(15)10(2)8-11/h4-5,8-9,16H,3,6-7H2,1-2H3. The highest BCUT2D eigenvalue weighted by Gasteiger charge is 2.07. The predicted molar refractivity (Wildman–Crippen MR) is 73.9 cm³/mol. The minimum Gasteiger partial charge on any atom is -0.441 e. The molecule has 1 heterocycles. The van der Waals surface area contributed by atoms with Crippen molar-refractivity contribution >= 4 is 11.6 Å². The monoisotopic (exact) mass is 264 g/mol. The van der Waals surface area contributed by atoms with E-state index < -0.39 is 0 Å². The molecule has 1 aromatic heterocycles. The smallest absolute Gasteiger partial charge is 0.196 e. The van der Waals surface area contributed by atoms with Gasteiger partial charge < -0.3 is 9.73 Å². The third-order valence-corrected chi connectivity index (χ3v) is 3.19. The predicted octanol–water partition coefficient (Wildman–Crippen LogP) is 3.46. The fraction of sp³-hybridized carbons (Fsp3) is 0.357. The molecule has 0 saturated carbocycles. The summed E-state index contributed by atoms with van der Waals surface area (Å²) in [5, 5.41) is 4.01. The first-order valence-corrected chi connectivity index (χ1v) is 6.50. The molecule has 0 aliphatic rings. The Morgan fingerprint density at radius 1 is 1.39 bits per heavy atom. The van der Waals surface area contributed by atoms with Gasteiger partial charge >= 0.3 is 0 Å². The van der Waals surface area contributed by atoms with Gasteiger partial charge in [-0.25, -0.2) is 4.98 Å². The summed E-state index contributed by atoms with van der Waals surface area (Å²) in [7, 11) is 0. The Kier molecular flexibility index (Phi) is 4.39. The van der Waals surface area contributed by atoms with Crippen LogP contribution in [0.25, 0.3) is 11.3 Å². The van der Waals surface area contributed by atoms with Gasteiger partial charge in [-0.3, -0.25) is 0 Å². The summed E-state index contributed by atoms with van der Waals surface area (Å²) in [5.41, 5.74) is 2.05. The van der Waals surface area contributed by atoms with E-state index >= 15 is 0 Å². The lowest BCUT2D eigenvalue weighted by Crippen LogP contribution is -2.16. The Morgan fingerprint density at radius 3 is 2.94 bits per heavy atom. The fourth-order valence-electron chi connectivity index (χ4n) is 1.73. The van der Waals surface area contributed by atoms with Crippen molar-refractivity contribution in [2.45, 2.75) is 20.3 Å². The Morgan fingerprint density at radius 2 is 2.22 bits per heavy atom. The summed E-state index contributed by atoms with van der Waals surface area (Å²) in [5.74, 6) is 1.56. The van der Waals surface area contributed by atoms with Crippen molar-refractivity contribution in [1.29, 1.82) is 0 Å². The first-order valence-electron chi connectivity index (χ1n) is 6.12. The van der Waals surface area contributed by atoms with Crippen LogP contribution in [0.3, 0.4) is 0 Å². The van der Waals surface area contributed by atoms with E-state index in [0.717, 1.165) is 47.3 Å². The molecule has 18 heavy (non-hydrogen) atoms. The summed E-state index contributed by atoms with van der Waals surface area (Å²) in [6.07, 6.45) is 2.57. The van der Waals surface area contributed by atoms with Crippen molar-refractivity contribution in [2.75, 3.05) is 13.1 Å². The SMILES string of the molecule is CCNCCc1ncc(-c2ccc(Cl)c(C)c2)o1. The van der Waals surface area contributed by atoms with E-state index in [0.29, 0.717) is 0 Å². The topological polar surface area (TPSA) is 38.1 Å². The molecule has 2 aromatic rings. The molecule has 0 radical (unpaired) electrons. The number of rotatable bonds is 5. The minimum atomic E-state index is 0.763. The summed E-state index contributed by atoms with van der Waals surface area (Å²) < 4.78 is 5.72. The van der Waals surface area contributed by atoms with Crippen LogP contribution in [-0.2, 0) is 6.42 Å². The molecule has 1 aromatic carbocycles.